The Kier molecular flexibility index (Phi) is 9.21. The molecule has 0 bridgehead atoms. The summed E-state index contributed by atoms with van der Waals surface area (Å²) in [6, 6.07) is 33.5. The van der Waals surface area contributed by atoms with Gasteiger partial charge in [-0.15, -0.1) is 0 Å². The van der Waals surface area contributed by atoms with Gasteiger partial charge in [0.05, 0.1) is 5.69 Å². The van der Waals surface area contributed by atoms with Crippen LogP contribution in [0.3, 0.4) is 0 Å². The Labute approximate surface area is 264 Å². The molecule has 0 N–H and O–H groups in total. The highest BCUT2D eigenvalue weighted by atomic mass is 16.2. The molecule has 2 amide bonds. The molecule has 0 aliphatic carbocycles. The van der Waals surface area contributed by atoms with E-state index in [1.54, 1.807) is 35.6 Å². The largest absolute Gasteiger partial charge is 0.336 e. The Hall–Kier alpha value is -5.36. The van der Waals surface area contributed by atoms with Crippen molar-refractivity contribution in [1.29, 1.82) is 0 Å². The minimum absolute atomic E-state index is 0.0445. The highest BCUT2D eigenvalue weighted by Crippen LogP contribution is 2.24. The number of fused-ring (bicyclic) bond motifs is 1. The van der Waals surface area contributed by atoms with Crippen LogP contribution in [-0.4, -0.2) is 44.2 Å². The third-order valence-electron chi connectivity index (χ3n) is 8.31. The topological polar surface area (TPSA) is 66.4 Å². The molecule has 3 aromatic carbocycles. The van der Waals surface area contributed by atoms with Gasteiger partial charge in [-0.05, 0) is 76.6 Å². The second-order valence-corrected chi connectivity index (χ2v) is 11.5. The highest BCUT2D eigenvalue weighted by Gasteiger charge is 2.34. The van der Waals surface area contributed by atoms with E-state index in [0.29, 0.717) is 25.2 Å². The summed E-state index contributed by atoms with van der Waals surface area (Å²) in [5, 5.41) is 0. The standard InChI is InChI=1S/C39H36N4O2/c1-29-11-16-36(41-26-29)17-18-38(44)43(27-31-12-14-33(15-13-31)34-19-22-40-23-20-34)37(25-30-7-3-2-4-8-30)39(45)42-24-21-32-9-5-6-10-35(32)28-42/h2-20,22-23,26,37H,21,24-25,27-28H2,1H3. The van der Waals surface area contributed by atoms with Gasteiger partial charge in [0.1, 0.15) is 6.04 Å². The van der Waals surface area contributed by atoms with Crippen molar-refractivity contribution in [2.24, 2.45) is 0 Å². The van der Waals surface area contributed by atoms with Crippen molar-refractivity contribution in [2.45, 2.75) is 38.9 Å². The number of carbonyl (C=O) groups is 2. The molecule has 0 fully saturated rings. The first kappa shape index (κ1) is 29.7. The van der Waals surface area contributed by atoms with Crippen molar-refractivity contribution in [1.82, 2.24) is 19.8 Å². The van der Waals surface area contributed by atoms with E-state index in [0.717, 1.165) is 39.8 Å². The quantitative estimate of drug-likeness (QED) is 0.179. The van der Waals surface area contributed by atoms with Gasteiger partial charge in [0.2, 0.25) is 11.8 Å². The van der Waals surface area contributed by atoms with Crippen molar-refractivity contribution in [2.75, 3.05) is 6.54 Å². The van der Waals surface area contributed by atoms with E-state index in [4.69, 9.17) is 0 Å². The molecule has 6 nitrogen and oxygen atoms in total. The molecule has 0 radical (unpaired) electrons. The number of hydrogen-bond acceptors (Lipinski definition) is 4. The third kappa shape index (κ3) is 7.42. The van der Waals surface area contributed by atoms with Crippen LogP contribution in [0.15, 0.2) is 128 Å². The summed E-state index contributed by atoms with van der Waals surface area (Å²) in [7, 11) is 0. The molecule has 6 heteroatoms. The molecule has 1 aliphatic heterocycles. The maximum Gasteiger partial charge on any atom is 0.247 e. The number of aromatic nitrogens is 2. The molecule has 0 saturated carbocycles. The number of rotatable bonds is 9. The van der Waals surface area contributed by atoms with Gasteiger partial charge < -0.3 is 9.80 Å². The molecule has 45 heavy (non-hydrogen) atoms. The zero-order chi connectivity index (χ0) is 31.0. The van der Waals surface area contributed by atoms with Crippen LogP contribution in [0.2, 0.25) is 0 Å². The van der Waals surface area contributed by atoms with Crippen molar-refractivity contribution in [3.05, 3.63) is 161 Å². The second-order valence-electron chi connectivity index (χ2n) is 11.5. The van der Waals surface area contributed by atoms with Crippen LogP contribution in [0.25, 0.3) is 17.2 Å². The fourth-order valence-corrected chi connectivity index (χ4v) is 5.78. The number of aryl methyl sites for hydroxylation is 1. The van der Waals surface area contributed by atoms with Gasteiger partial charge >= 0.3 is 0 Å². The van der Waals surface area contributed by atoms with Crippen molar-refractivity contribution < 1.29 is 9.59 Å². The Bertz CT molecular complexity index is 1770. The fourth-order valence-electron chi connectivity index (χ4n) is 5.78. The molecule has 5 aromatic rings. The van der Waals surface area contributed by atoms with Crippen LogP contribution < -0.4 is 0 Å². The van der Waals surface area contributed by atoms with Crippen LogP contribution in [-0.2, 0) is 35.5 Å². The maximum atomic E-state index is 14.5. The molecule has 0 spiro atoms. The Morgan fingerprint density at radius 3 is 2.27 bits per heavy atom. The van der Waals surface area contributed by atoms with E-state index in [1.165, 1.54) is 5.56 Å². The number of pyridine rings is 2. The summed E-state index contributed by atoms with van der Waals surface area (Å²) in [6.45, 7) is 3.42. The van der Waals surface area contributed by atoms with Gasteiger partial charge in [-0.3, -0.25) is 19.6 Å². The summed E-state index contributed by atoms with van der Waals surface area (Å²) in [5.41, 5.74) is 8.25. The number of carbonyl (C=O) groups excluding carboxylic acids is 2. The minimum atomic E-state index is -0.694. The average Bonchev–Trinajstić information content (AvgIpc) is 3.10. The summed E-state index contributed by atoms with van der Waals surface area (Å²) in [4.78, 5) is 40.8. The molecule has 1 unspecified atom stereocenters. The van der Waals surface area contributed by atoms with E-state index >= 15 is 0 Å². The zero-order valence-corrected chi connectivity index (χ0v) is 25.4. The minimum Gasteiger partial charge on any atom is -0.336 e. The van der Waals surface area contributed by atoms with E-state index in [9.17, 15) is 9.59 Å². The van der Waals surface area contributed by atoms with Crippen LogP contribution in [0.5, 0.6) is 0 Å². The van der Waals surface area contributed by atoms with Crippen LogP contribution in [0, 0.1) is 6.92 Å². The molecule has 224 valence electrons. The number of nitrogens with zero attached hydrogens (tertiary/aromatic N) is 4. The van der Waals surface area contributed by atoms with Gasteiger partial charge in [0, 0.05) is 50.7 Å². The fraction of sp³-hybridized carbons (Fsp3) is 0.179. The lowest BCUT2D eigenvalue weighted by molar-refractivity contribution is -0.144. The normalized spacial score (nSPS) is 13.3. The van der Waals surface area contributed by atoms with E-state index in [2.05, 4.69) is 34.2 Å². The van der Waals surface area contributed by atoms with Gasteiger partial charge in [-0.2, -0.15) is 0 Å². The van der Waals surface area contributed by atoms with Crippen molar-refractivity contribution >= 4 is 17.9 Å². The summed E-state index contributed by atoms with van der Waals surface area (Å²) in [5.74, 6) is -0.278. The van der Waals surface area contributed by atoms with Crippen LogP contribution >= 0.6 is 0 Å². The molecule has 0 saturated heterocycles. The summed E-state index contributed by atoms with van der Waals surface area (Å²) < 4.78 is 0. The lowest BCUT2D eigenvalue weighted by atomic mass is 9.97. The smallest absolute Gasteiger partial charge is 0.247 e. The number of benzene rings is 3. The molecule has 1 atom stereocenters. The summed E-state index contributed by atoms with van der Waals surface area (Å²) in [6.07, 6.45) is 9.80. The van der Waals surface area contributed by atoms with E-state index < -0.39 is 6.04 Å². The first-order valence-electron chi connectivity index (χ1n) is 15.3. The molecule has 2 aromatic heterocycles. The lowest BCUT2D eigenvalue weighted by Crippen LogP contribution is -2.52. The summed E-state index contributed by atoms with van der Waals surface area (Å²) >= 11 is 0. The Morgan fingerprint density at radius 1 is 0.822 bits per heavy atom. The van der Waals surface area contributed by atoms with Gasteiger partial charge in [0.25, 0.3) is 0 Å². The van der Waals surface area contributed by atoms with Crippen molar-refractivity contribution in [3.8, 4) is 11.1 Å². The van der Waals surface area contributed by atoms with Crippen molar-refractivity contribution in [3.63, 3.8) is 0 Å². The molecule has 1 aliphatic rings. The van der Waals surface area contributed by atoms with E-state index in [1.807, 2.05) is 90.7 Å². The second kappa shape index (κ2) is 14.0. The molecular weight excluding hydrogens is 556 g/mol. The van der Waals surface area contributed by atoms with Gasteiger partial charge in [0.15, 0.2) is 0 Å². The first-order chi connectivity index (χ1) is 22.0. The third-order valence-corrected chi connectivity index (χ3v) is 8.31. The SMILES string of the molecule is Cc1ccc(C=CC(=O)N(Cc2ccc(-c3ccncc3)cc2)C(Cc2ccccc2)C(=O)N2CCc3ccccc3C2)nc1. The first-order valence-corrected chi connectivity index (χ1v) is 15.3. The predicted molar refractivity (Wildman–Crippen MR) is 178 cm³/mol. The number of hydrogen-bond donors (Lipinski definition) is 0. The lowest BCUT2D eigenvalue weighted by Gasteiger charge is -2.37. The maximum absolute atomic E-state index is 14.5. The Morgan fingerprint density at radius 2 is 1.53 bits per heavy atom. The molecular formula is C39H36N4O2. The molecule has 3 heterocycles. The van der Waals surface area contributed by atoms with Gasteiger partial charge in [-0.25, -0.2) is 0 Å². The average molecular weight is 593 g/mol. The molecule has 6 rings (SSSR count). The van der Waals surface area contributed by atoms with Crippen LogP contribution in [0.1, 0.15) is 33.5 Å². The van der Waals surface area contributed by atoms with E-state index in [-0.39, 0.29) is 18.4 Å². The zero-order valence-electron chi connectivity index (χ0n) is 25.4. The highest BCUT2D eigenvalue weighted by molar-refractivity contribution is 5.95. The van der Waals surface area contributed by atoms with Gasteiger partial charge in [-0.1, -0.05) is 84.9 Å². The number of amides is 2. The monoisotopic (exact) mass is 592 g/mol. The van der Waals surface area contributed by atoms with Crippen LogP contribution in [0.4, 0.5) is 0 Å². The predicted octanol–water partition coefficient (Wildman–Crippen LogP) is 6.69. The Balaban J connectivity index is 1.34.